The zero-order valence-electron chi connectivity index (χ0n) is 18.0. The topological polar surface area (TPSA) is 67.8 Å². The Morgan fingerprint density at radius 3 is 2.61 bits per heavy atom. The monoisotopic (exact) mass is 420 g/mol. The number of aryl methyl sites for hydroxylation is 2. The maximum absolute atomic E-state index is 15.0. The summed E-state index contributed by atoms with van der Waals surface area (Å²) in [6.45, 7) is 7.25. The number of nitrogens with zero attached hydrogens (tertiary/aromatic N) is 6. The van der Waals surface area contributed by atoms with E-state index >= 15 is 0 Å². The molecule has 8 heteroatoms. The molecule has 0 bridgehead atoms. The molecule has 1 saturated heterocycles. The summed E-state index contributed by atoms with van der Waals surface area (Å²) < 4.78 is 18.5. The Bertz CT molecular complexity index is 1300. The molecule has 4 aromatic rings. The van der Waals surface area contributed by atoms with Gasteiger partial charge in [0.1, 0.15) is 0 Å². The number of aromatic nitrogens is 5. The van der Waals surface area contributed by atoms with Crippen LogP contribution in [0.25, 0.3) is 22.6 Å². The van der Waals surface area contributed by atoms with Crippen LogP contribution in [0.3, 0.4) is 0 Å². The van der Waals surface area contributed by atoms with Gasteiger partial charge in [0.05, 0.1) is 23.3 Å². The fourth-order valence-electron chi connectivity index (χ4n) is 4.45. The van der Waals surface area contributed by atoms with Gasteiger partial charge < -0.3 is 9.30 Å². The average molecular weight is 420 g/mol. The van der Waals surface area contributed by atoms with Gasteiger partial charge in [-0.15, -0.1) is 0 Å². The number of halogens is 1. The van der Waals surface area contributed by atoms with Crippen LogP contribution in [-0.2, 0) is 4.79 Å². The first-order chi connectivity index (χ1) is 14.9. The number of hydrogen-bond donors (Lipinski definition) is 0. The summed E-state index contributed by atoms with van der Waals surface area (Å²) in [6.07, 6.45) is 7.89. The van der Waals surface area contributed by atoms with Gasteiger partial charge in [-0.2, -0.15) is 5.10 Å². The lowest BCUT2D eigenvalue weighted by molar-refractivity contribution is -0.131. The predicted octanol–water partition coefficient (Wildman–Crippen LogP) is 3.92. The van der Waals surface area contributed by atoms with Crippen molar-refractivity contribution in [3.05, 3.63) is 53.5 Å². The lowest BCUT2D eigenvalue weighted by Gasteiger charge is -2.31. The van der Waals surface area contributed by atoms with Crippen LogP contribution in [0.2, 0.25) is 0 Å². The number of fused-ring (bicyclic) bond motifs is 2. The fourth-order valence-corrected chi connectivity index (χ4v) is 4.45. The van der Waals surface area contributed by atoms with Crippen LogP contribution in [0.4, 0.5) is 4.39 Å². The van der Waals surface area contributed by atoms with Crippen LogP contribution in [0.5, 0.6) is 0 Å². The van der Waals surface area contributed by atoms with Crippen molar-refractivity contribution < 1.29 is 9.18 Å². The van der Waals surface area contributed by atoms with Gasteiger partial charge in [-0.3, -0.25) is 4.79 Å². The Hall–Kier alpha value is -3.29. The predicted molar refractivity (Wildman–Crippen MR) is 115 cm³/mol. The number of carbonyl (C=O) groups excluding carboxylic acids is 1. The molecule has 0 unspecified atom stereocenters. The Balaban J connectivity index is 1.47. The molecule has 0 atom stereocenters. The molecule has 1 aliphatic rings. The van der Waals surface area contributed by atoms with Crippen LogP contribution in [0.1, 0.15) is 49.1 Å². The van der Waals surface area contributed by atoms with E-state index in [1.54, 1.807) is 8.92 Å². The number of amides is 1. The van der Waals surface area contributed by atoms with Crippen molar-refractivity contribution in [1.29, 1.82) is 0 Å². The second kappa shape index (κ2) is 7.44. The zero-order chi connectivity index (χ0) is 21.7. The minimum atomic E-state index is -0.372. The summed E-state index contributed by atoms with van der Waals surface area (Å²) in [4.78, 5) is 22.9. The van der Waals surface area contributed by atoms with Crippen LogP contribution in [0.15, 0.2) is 30.7 Å². The number of carbonyl (C=O) groups is 1. The molecule has 0 radical (unpaired) electrons. The molecule has 1 aliphatic heterocycles. The smallest absolute Gasteiger partial charge is 0.222 e. The third kappa shape index (κ3) is 3.45. The molecule has 31 heavy (non-hydrogen) atoms. The zero-order valence-corrected chi connectivity index (χ0v) is 18.0. The highest BCUT2D eigenvalue weighted by Crippen LogP contribution is 2.30. The molecule has 7 nitrogen and oxygen atoms in total. The van der Waals surface area contributed by atoms with Crippen molar-refractivity contribution in [2.24, 2.45) is 0 Å². The first-order valence-electron chi connectivity index (χ1n) is 10.7. The molecular weight excluding hydrogens is 395 g/mol. The van der Waals surface area contributed by atoms with Crippen molar-refractivity contribution in [2.75, 3.05) is 13.1 Å². The number of piperidine rings is 1. The third-order valence-corrected chi connectivity index (χ3v) is 6.12. The van der Waals surface area contributed by atoms with E-state index in [9.17, 15) is 9.18 Å². The van der Waals surface area contributed by atoms with Crippen LogP contribution in [0, 0.1) is 19.7 Å². The van der Waals surface area contributed by atoms with Gasteiger partial charge in [-0.1, -0.05) is 6.92 Å². The molecule has 0 aliphatic carbocycles. The number of imidazole rings is 2. The molecule has 0 saturated carbocycles. The number of hydrogen-bond acceptors (Lipinski definition) is 4. The molecular formula is C23H25FN6O. The van der Waals surface area contributed by atoms with Gasteiger partial charge in [0.15, 0.2) is 17.1 Å². The molecule has 160 valence electrons. The van der Waals surface area contributed by atoms with Gasteiger partial charge in [0.2, 0.25) is 5.91 Å². The van der Waals surface area contributed by atoms with E-state index in [1.165, 1.54) is 6.07 Å². The van der Waals surface area contributed by atoms with E-state index in [2.05, 4.69) is 15.1 Å². The van der Waals surface area contributed by atoms with Gasteiger partial charge in [-0.25, -0.2) is 18.9 Å². The number of rotatable bonds is 3. The van der Waals surface area contributed by atoms with Crippen LogP contribution < -0.4 is 0 Å². The summed E-state index contributed by atoms with van der Waals surface area (Å²) >= 11 is 0. The van der Waals surface area contributed by atoms with Crippen molar-refractivity contribution in [3.8, 4) is 11.3 Å². The molecule has 0 aromatic carbocycles. The lowest BCUT2D eigenvalue weighted by Crippen LogP contribution is -2.37. The Morgan fingerprint density at radius 2 is 1.87 bits per heavy atom. The van der Waals surface area contributed by atoms with Crippen molar-refractivity contribution in [2.45, 2.75) is 46.0 Å². The Morgan fingerprint density at radius 1 is 1.10 bits per heavy atom. The molecule has 5 rings (SSSR count). The minimum Gasteiger partial charge on any atom is -0.343 e. The summed E-state index contributed by atoms with van der Waals surface area (Å²) in [7, 11) is 0. The molecule has 1 amide bonds. The third-order valence-electron chi connectivity index (χ3n) is 6.12. The second-order valence-electron chi connectivity index (χ2n) is 8.35. The SMILES string of the molecule is CCC(=O)N1CCC(c2cn3cc(-c4cc(C)c5nc(C)cn5n4)cc(F)c3n2)CC1. The minimum absolute atomic E-state index is 0.192. The summed E-state index contributed by atoms with van der Waals surface area (Å²) in [5.41, 5.74) is 5.25. The normalized spacial score (nSPS) is 15.3. The molecule has 1 fully saturated rings. The first-order valence-corrected chi connectivity index (χ1v) is 10.7. The highest BCUT2D eigenvalue weighted by molar-refractivity contribution is 5.75. The molecule has 5 heterocycles. The van der Waals surface area contributed by atoms with Gasteiger partial charge >= 0.3 is 0 Å². The molecule has 0 N–H and O–H groups in total. The highest BCUT2D eigenvalue weighted by Gasteiger charge is 2.25. The second-order valence-corrected chi connectivity index (χ2v) is 8.35. The Labute approximate surface area is 179 Å². The quantitative estimate of drug-likeness (QED) is 0.504. The number of likely N-dealkylation sites (tertiary alicyclic amines) is 1. The lowest BCUT2D eigenvalue weighted by atomic mass is 9.94. The van der Waals surface area contributed by atoms with E-state index in [0.29, 0.717) is 23.3 Å². The van der Waals surface area contributed by atoms with E-state index in [4.69, 9.17) is 0 Å². The van der Waals surface area contributed by atoms with E-state index in [-0.39, 0.29) is 17.6 Å². The van der Waals surface area contributed by atoms with Gasteiger partial charge in [-0.05, 0) is 44.4 Å². The van der Waals surface area contributed by atoms with Crippen molar-refractivity contribution >= 4 is 17.2 Å². The van der Waals surface area contributed by atoms with Crippen LogP contribution >= 0.6 is 0 Å². The Kier molecular flexibility index (Phi) is 4.72. The van der Waals surface area contributed by atoms with Crippen LogP contribution in [-0.4, -0.2) is 47.9 Å². The standard InChI is InChI=1S/C23H25FN6O/c1-4-21(31)28-7-5-16(6-8-28)20-13-29-12-17(10-18(24)23(29)26-20)19-9-14(2)22-25-15(3)11-30(22)27-19/h9-13,16H,4-8H2,1-3H3. The molecule has 0 spiro atoms. The van der Waals surface area contributed by atoms with Crippen molar-refractivity contribution in [1.82, 2.24) is 28.9 Å². The van der Waals surface area contributed by atoms with E-state index in [1.807, 2.05) is 50.3 Å². The summed E-state index contributed by atoms with van der Waals surface area (Å²) in [5.74, 6) is 0.0509. The fraction of sp³-hybridized carbons (Fsp3) is 0.391. The summed E-state index contributed by atoms with van der Waals surface area (Å²) in [5, 5.41) is 4.62. The van der Waals surface area contributed by atoms with Gasteiger partial charge in [0, 0.05) is 43.4 Å². The average Bonchev–Trinajstić information content (AvgIpc) is 3.37. The maximum atomic E-state index is 15.0. The highest BCUT2D eigenvalue weighted by atomic mass is 19.1. The maximum Gasteiger partial charge on any atom is 0.222 e. The molecule has 4 aromatic heterocycles. The van der Waals surface area contributed by atoms with Gasteiger partial charge in [0.25, 0.3) is 0 Å². The van der Waals surface area contributed by atoms with E-state index < -0.39 is 0 Å². The summed E-state index contributed by atoms with van der Waals surface area (Å²) in [6, 6.07) is 3.42. The number of pyridine rings is 1. The largest absolute Gasteiger partial charge is 0.343 e. The van der Waals surface area contributed by atoms with E-state index in [0.717, 1.165) is 48.5 Å². The van der Waals surface area contributed by atoms with Crippen molar-refractivity contribution in [3.63, 3.8) is 0 Å². The first kappa shape index (κ1) is 19.7.